The summed E-state index contributed by atoms with van der Waals surface area (Å²) in [6.45, 7) is 18.4. The molecule has 3 aliphatic heterocycles. The molecule has 7 heteroatoms. The van der Waals surface area contributed by atoms with Crippen molar-refractivity contribution in [3.8, 4) is 0 Å². The van der Waals surface area contributed by atoms with E-state index in [-0.39, 0.29) is 41.9 Å². The van der Waals surface area contributed by atoms with Gasteiger partial charge in [0.15, 0.2) is 17.4 Å². The summed E-state index contributed by atoms with van der Waals surface area (Å²) >= 11 is 0. The van der Waals surface area contributed by atoms with E-state index in [2.05, 4.69) is 39.5 Å². The maximum absolute atomic E-state index is 14.4. The number of benzene rings is 2. The smallest absolute Gasteiger partial charge is 0.195 e. The molecule has 1 aliphatic carbocycles. The molecule has 7 atom stereocenters. The van der Waals surface area contributed by atoms with Crippen LogP contribution in [-0.2, 0) is 46.5 Å². The summed E-state index contributed by atoms with van der Waals surface area (Å²) in [4.78, 5) is 28.2. The van der Waals surface area contributed by atoms with E-state index in [0.717, 1.165) is 42.4 Å². The summed E-state index contributed by atoms with van der Waals surface area (Å²) in [6.07, 6.45) is 7.50. The van der Waals surface area contributed by atoms with Crippen LogP contribution < -0.4 is 0 Å². The van der Waals surface area contributed by atoms with Crippen molar-refractivity contribution in [1.29, 1.82) is 0 Å². The lowest BCUT2D eigenvalue weighted by Crippen LogP contribution is -2.62. The van der Waals surface area contributed by atoms with Crippen molar-refractivity contribution < 1.29 is 33.3 Å². The summed E-state index contributed by atoms with van der Waals surface area (Å²) in [7, 11) is 0. The highest BCUT2D eigenvalue weighted by atomic mass is 16.8. The van der Waals surface area contributed by atoms with Crippen LogP contribution in [0.2, 0.25) is 0 Å². The molecule has 2 aromatic carbocycles. The normalized spacial score (nSPS) is 31.2. The summed E-state index contributed by atoms with van der Waals surface area (Å²) < 4.78 is 31.9. The highest BCUT2D eigenvalue weighted by Gasteiger charge is 2.73. The van der Waals surface area contributed by atoms with Crippen molar-refractivity contribution in [2.45, 2.75) is 136 Å². The molecule has 0 radical (unpaired) electrons. The Bertz CT molecular complexity index is 1580. The van der Waals surface area contributed by atoms with Gasteiger partial charge in [0.1, 0.15) is 11.7 Å². The number of ketones is 2. The zero-order valence-electron chi connectivity index (χ0n) is 31.6. The Morgan fingerprint density at radius 2 is 1.61 bits per heavy atom. The van der Waals surface area contributed by atoms with Gasteiger partial charge < -0.3 is 23.7 Å². The summed E-state index contributed by atoms with van der Waals surface area (Å²) in [5.41, 5.74) is 2.57. The molecule has 276 valence electrons. The van der Waals surface area contributed by atoms with E-state index in [0.29, 0.717) is 50.4 Å². The quantitative estimate of drug-likeness (QED) is 0.0983. The van der Waals surface area contributed by atoms with Crippen LogP contribution in [0.4, 0.5) is 0 Å². The standard InChI is InChI=1S/C44H58O7/c1-30(21-22-38-41(3,4)51-42(5,6)50-38)35(31(2)24-26-47-28-32-15-10-8-11-16-32)19-14-20-36-39-37(45)27-34-23-25-43(7,40(36)46)44(39,49-34)48-29-33-17-12-9-13-18-33/h8-13,15-18,20,30,34-35,38-39H,2,14,19,21-29H2,1,3-7H3/b36-20+/t30-,34+,35-,38-,39-,43-,44?/m1/s1. The van der Waals surface area contributed by atoms with Gasteiger partial charge in [0.05, 0.1) is 43.0 Å². The van der Waals surface area contributed by atoms with Crippen molar-refractivity contribution in [2.75, 3.05) is 6.61 Å². The number of hydrogen-bond acceptors (Lipinski definition) is 7. The molecule has 51 heavy (non-hydrogen) atoms. The minimum absolute atomic E-state index is 0.00442. The Labute approximate surface area is 305 Å². The molecule has 1 unspecified atom stereocenters. The monoisotopic (exact) mass is 698 g/mol. The third kappa shape index (κ3) is 7.89. The van der Waals surface area contributed by atoms with E-state index in [1.807, 2.05) is 75.4 Å². The van der Waals surface area contributed by atoms with Gasteiger partial charge in [-0.2, -0.15) is 0 Å². The van der Waals surface area contributed by atoms with Crippen LogP contribution in [0.3, 0.4) is 0 Å². The first-order valence-corrected chi connectivity index (χ1v) is 19.1. The van der Waals surface area contributed by atoms with Gasteiger partial charge in [-0.25, -0.2) is 0 Å². The molecule has 4 fully saturated rings. The third-order valence-electron chi connectivity index (χ3n) is 11.9. The summed E-state index contributed by atoms with van der Waals surface area (Å²) in [6, 6.07) is 20.1. The Kier molecular flexibility index (Phi) is 11.3. The van der Waals surface area contributed by atoms with Crippen LogP contribution in [-0.4, -0.2) is 47.6 Å². The van der Waals surface area contributed by atoms with Crippen molar-refractivity contribution in [3.63, 3.8) is 0 Å². The van der Waals surface area contributed by atoms with E-state index >= 15 is 0 Å². The first-order valence-electron chi connectivity index (χ1n) is 19.1. The highest BCUT2D eigenvalue weighted by Crippen LogP contribution is 2.62. The average Bonchev–Trinajstić information content (AvgIpc) is 3.45. The van der Waals surface area contributed by atoms with Gasteiger partial charge in [-0.1, -0.05) is 85.8 Å². The van der Waals surface area contributed by atoms with E-state index in [4.69, 9.17) is 23.7 Å². The topological polar surface area (TPSA) is 80.3 Å². The molecule has 0 spiro atoms. The minimum Gasteiger partial charge on any atom is -0.376 e. The van der Waals surface area contributed by atoms with Crippen molar-refractivity contribution >= 4 is 11.6 Å². The largest absolute Gasteiger partial charge is 0.376 e. The third-order valence-corrected chi connectivity index (χ3v) is 11.9. The number of Topliss-reactive ketones (excluding diaryl/α,β-unsaturated/α-hetero) is 2. The number of allylic oxidation sites excluding steroid dienone is 1. The van der Waals surface area contributed by atoms with Crippen molar-refractivity contribution in [3.05, 3.63) is 95.6 Å². The number of hydrogen-bond donors (Lipinski definition) is 0. The number of rotatable bonds is 16. The first-order chi connectivity index (χ1) is 24.2. The summed E-state index contributed by atoms with van der Waals surface area (Å²) in [5.74, 6) is -2.04. The molecule has 0 amide bonds. The zero-order valence-corrected chi connectivity index (χ0v) is 31.6. The van der Waals surface area contributed by atoms with E-state index in [1.165, 1.54) is 0 Å². The second kappa shape index (κ2) is 15.2. The molecule has 3 saturated heterocycles. The molecule has 6 rings (SSSR count). The summed E-state index contributed by atoms with van der Waals surface area (Å²) in [5, 5.41) is 0. The fourth-order valence-corrected chi connectivity index (χ4v) is 9.19. The molecular formula is C44H58O7. The van der Waals surface area contributed by atoms with E-state index in [9.17, 15) is 9.59 Å². The number of ether oxygens (including phenoxy) is 5. The van der Waals surface area contributed by atoms with Crippen LogP contribution in [0.15, 0.2) is 84.5 Å². The van der Waals surface area contributed by atoms with Gasteiger partial charge in [-0.3, -0.25) is 9.59 Å². The fourth-order valence-electron chi connectivity index (χ4n) is 9.19. The maximum Gasteiger partial charge on any atom is 0.195 e. The molecule has 1 saturated carbocycles. The minimum atomic E-state index is -1.28. The van der Waals surface area contributed by atoms with Crippen LogP contribution in [0, 0.1) is 23.2 Å². The molecule has 4 aliphatic rings. The van der Waals surface area contributed by atoms with Crippen LogP contribution >= 0.6 is 0 Å². The van der Waals surface area contributed by atoms with E-state index in [1.54, 1.807) is 0 Å². The zero-order chi connectivity index (χ0) is 36.4. The van der Waals surface area contributed by atoms with E-state index < -0.39 is 22.9 Å². The molecule has 0 N–H and O–H groups in total. The lowest BCUT2D eigenvalue weighted by Gasteiger charge is -2.52. The van der Waals surface area contributed by atoms with Crippen LogP contribution in [0.1, 0.15) is 104 Å². The lowest BCUT2D eigenvalue weighted by atomic mass is 9.70. The highest BCUT2D eigenvalue weighted by molar-refractivity contribution is 6.10. The molecule has 0 aromatic heterocycles. The van der Waals surface area contributed by atoms with Gasteiger partial charge >= 0.3 is 0 Å². The second-order valence-electron chi connectivity index (χ2n) is 16.5. The SMILES string of the molecule is C=C(CCOCc1ccccc1)[C@H](CC/C=C1/C(=O)[C@@]2(C)CC[C@H]3CC(=O)[C@@H]1C2(OCc1ccccc1)O3)[C@H](C)CC[C@H]1OC(C)(C)OC1(C)C. The molecule has 7 nitrogen and oxygen atoms in total. The number of carbonyl (C=O) groups excluding carboxylic acids is 2. The molecule has 2 aromatic rings. The Morgan fingerprint density at radius 3 is 2.25 bits per heavy atom. The van der Waals surface area contributed by atoms with Gasteiger partial charge in [-0.15, -0.1) is 0 Å². The molecule has 2 bridgehead atoms. The Hall–Kier alpha value is -2.94. The second-order valence-corrected chi connectivity index (χ2v) is 16.5. The Morgan fingerprint density at radius 1 is 0.941 bits per heavy atom. The van der Waals surface area contributed by atoms with Crippen molar-refractivity contribution in [1.82, 2.24) is 0 Å². The first kappa shape index (κ1) is 37.8. The van der Waals surface area contributed by atoms with Gasteiger partial charge in [-0.05, 0) is 103 Å². The number of carbonyl (C=O) groups is 2. The van der Waals surface area contributed by atoms with Crippen molar-refractivity contribution in [2.24, 2.45) is 23.2 Å². The van der Waals surface area contributed by atoms with Gasteiger partial charge in [0.25, 0.3) is 0 Å². The fraction of sp³-hybridized carbons (Fsp3) is 0.591. The van der Waals surface area contributed by atoms with Gasteiger partial charge in [0.2, 0.25) is 0 Å². The lowest BCUT2D eigenvalue weighted by molar-refractivity contribution is -0.344. The predicted octanol–water partition coefficient (Wildman–Crippen LogP) is 9.09. The Balaban J connectivity index is 1.18. The van der Waals surface area contributed by atoms with Gasteiger partial charge in [0, 0.05) is 12.0 Å². The maximum atomic E-state index is 14.4. The van der Waals surface area contributed by atoms with Crippen LogP contribution in [0.5, 0.6) is 0 Å². The molecule has 3 heterocycles. The predicted molar refractivity (Wildman–Crippen MR) is 197 cm³/mol. The number of fused-ring (bicyclic) bond motifs is 1. The van der Waals surface area contributed by atoms with Crippen LogP contribution in [0.25, 0.3) is 0 Å². The average molecular weight is 699 g/mol. The molecular weight excluding hydrogens is 640 g/mol.